The molecule has 3 aromatic rings. The van der Waals surface area contributed by atoms with Crippen LogP contribution in [0.15, 0.2) is 72.8 Å². The number of carbonyl (C=O) groups is 2. The standard InChI is InChI=1S/C31H30Cl2N2O2/c32-27-12-6-10-24(29(27)33)30(37)35-19-22(25(20-35)21-7-2-1-3-8-21)18-34-15-13-31(14-16-34)17-28(36)23-9-4-5-11-26(23)31/h1-12,22,25H,13-20H2. The molecular formula is C31H30Cl2N2O2. The zero-order valence-electron chi connectivity index (χ0n) is 20.7. The van der Waals surface area contributed by atoms with Gasteiger partial charge < -0.3 is 9.80 Å². The molecule has 190 valence electrons. The van der Waals surface area contributed by atoms with Gasteiger partial charge in [0.05, 0.1) is 15.6 Å². The third-order valence-corrected chi connectivity index (χ3v) is 9.56. The number of piperidine rings is 1. The summed E-state index contributed by atoms with van der Waals surface area (Å²) >= 11 is 12.6. The lowest BCUT2D eigenvalue weighted by Crippen LogP contribution is -2.44. The van der Waals surface area contributed by atoms with Crippen LogP contribution in [0.2, 0.25) is 10.0 Å². The van der Waals surface area contributed by atoms with Crippen molar-refractivity contribution in [2.45, 2.75) is 30.6 Å². The van der Waals surface area contributed by atoms with E-state index in [1.165, 1.54) is 11.1 Å². The average molecular weight is 533 g/mol. The van der Waals surface area contributed by atoms with Crippen molar-refractivity contribution in [2.24, 2.45) is 5.92 Å². The second-order valence-corrected chi connectivity index (χ2v) is 11.6. The van der Waals surface area contributed by atoms with E-state index in [1.807, 2.05) is 23.1 Å². The summed E-state index contributed by atoms with van der Waals surface area (Å²) in [5, 5.41) is 0.721. The number of benzene rings is 3. The molecule has 2 saturated heterocycles. The molecule has 0 radical (unpaired) electrons. The molecule has 0 saturated carbocycles. The Balaban J connectivity index is 1.19. The van der Waals surface area contributed by atoms with Gasteiger partial charge >= 0.3 is 0 Å². The number of rotatable bonds is 4. The van der Waals surface area contributed by atoms with Crippen molar-refractivity contribution >= 4 is 34.9 Å². The molecule has 2 atom stereocenters. The second-order valence-electron chi connectivity index (χ2n) is 10.8. The van der Waals surface area contributed by atoms with Gasteiger partial charge in [0.25, 0.3) is 5.91 Å². The summed E-state index contributed by atoms with van der Waals surface area (Å²) in [6, 6.07) is 23.9. The number of ketones is 1. The van der Waals surface area contributed by atoms with Crippen LogP contribution in [0.5, 0.6) is 0 Å². The number of Topliss-reactive ketones (excluding diaryl/α,β-unsaturated/α-hetero) is 1. The highest BCUT2D eigenvalue weighted by Crippen LogP contribution is 2.46. The minimum Gasteiger partial charge on any atom is -0.338 e. The molecule has 2 aliphatic heterocycles. The first-order valence-corrected chi connectivity index (χ1v) is 13.8. The molecule has 1 amide bonds. The molecular weight excluding hydrogens is 503 g/mol. The fourth-order valence-corrected chi connectivity index (χ4v) is 7.15. The number of hydrogen-bond acceptors (Lipinski definition) is 3. The molecule has 3 aliphatic rings. The third-order valence-electron chi connectivity index (χ3n) is 8.74. The minimum absolute atomic E-state index is 0.00991. The molecule has 2 heterocycles. The van der Waals surface area contributed by atoms with E-state index in [0.29, 0.717) is 41.0 Å². The van der Waals surface area contributed by atoms with E-state index in [-0.39, 0.29) is 23.0 Å². The SMILES string of the molecule is O=C1CC2(CCN(CC3CN(C(=O)c4cccc(Cl)c4Cl)CC3c3ccccc3)CC2)c2ccccc21. The van der Waals surface area contributed by atoms with Crippen molar-refractivity contribution in [2.75, 3.05) is 32.7 Å². The monoisotopic (exact) mass is 532 g/mol. The summed E-state index contributed by atoms with van der Waals surface area (Å²) in [6.45, 7) is 4.21. The van der Waals surface area contributed by atoms with Crippen LogP contribution >= 0.6 is 23.2 Å². The molecule has 6 rings (SSSR count). The van der Waals surface area contributed by atoms with Crippen LogP contribution in [0.4, 0.5) is 0 Å². The third kappa shape index (κ3) is 4.50. The Morgan fingerprint density at radius 2 is 1.62 bits per heavy atom. The summed E-state index contributed by atoms with van der Waals surface area (Å²) in [4.78, 5) is 30.7. The van der Waals surface area contributed by atoms with E-state index in [2.05, 4.69) is 41.3 Å². The molecule has 1 aliphatic carbocycles. The highest BCUT2D eigenvalue weighted by molar-refractivity contribution is 6.43. The van der Waals surface area contributed by atoms with Crippen molar-refractivity contribution in [3.63, 3.8) is 0 Å². The molecule has 6 heteroatoms. The fourth-order valence-electron chi connectivity index (χ4n) is 6.77. The summed E-state index contributed by atoms with van der Waals surface area (Å²) in [5.41, 5.74) is 3.89. The number of carbonyl (C=O) groups excluding carboxylic acids is 2. The Morgan fingerprint density at radius 3 is 2.41 bits per heavy atom. The van der Waals surface area contributed by atoms with Gasteiger partial charge in [-0.2, -0.15) is 0 Å². The summed E-state index contributed by atoms with van der Waals surface area (Å²) in [5.74, 6) is 0.802. The molecule has 0 bridgehead atoms. The summed E-state index contributed by atoms with van der Waals surface area (Å²) in [7, 11) is 0. The molecule has 0 N–H and O–H groups in total. The minimum atomic E-state index is -0.0606. The highest BCUT2D eigenvalue weighted by atomic mass is 35.5. The number of hydrogen-bond donors (Lipinski definition) is 0. The number of nitrogens with zero attached hydrogens (tertiary/aromatic N) is 2. The Hall–Kier alpha value is -2.66. The predicted molar refractivity (Wildman–Crippen MR) is 148 cm³/mol. The van der Waals surface area contributed by atoms with Crippen molar-refractivity contribution in [1.29, 1.82) is 0 Å². The van der Waals surface area contributed by atoms with E-state index in [4.69, 9.17) is 23.2 Å². The summed E-state index contributed by atoms with van der Waals surface area (Å²) in [6.07, 6.45) is 2.64. The Morgan fingerprint density at radius 1 is 0.892 bits per heavy atom. The number of fused-ring (bicyclic) bond motifs is 2. The van der Waals surface area contributed by atoms with Crippen LogP contribution in [0.3, 0.4) is 0 Å². The van der Waals surface area contributed by atoms with Crippen LogP contribution in [-0.2, 0) is 5.41 Å². The van der Waals surface area contributed by atoms with E-state index in [9.17, 15) is 9.59 Å². The molecule has 4 nitrogen and oxygen atoms in total. The van der Waals surface area contributed by atoms with Gasteiger partial charge in [0, 0.05) is 43.0 Å². The van der Waals surface area contributed by atoms with Crippen LogP contribution in [0.1, 0.15) is 57.0 Å². The predicted octanol–water partition coefficient (Wildman–Crippen LogP) is 6.47. The maximum absolute atomic E-state index is 13.5. The number of likely N-dealkylation sites (tertiary alicyclic amines) is 2. The lowest BCUT2D eigenvalue weighted by molar-refractivity contribution is 0.0779. The van der Waals surface area contributed by atoms with E-state index in [0.717, 1.165) is 38.0 Å². The Kier molecular flexibility index (Phi) is 6.60. The van der Waals surface area contributed by atoms with E-state index in [1.54, 1.807) is 18.2 Å². The topological polar surface area (TPSA) is 40.6 Å². The number of amides is 1. The molecule has 0 aromatic heterocycles. The van der Waals surface area contributed by atoms with Crippen LogP contribution in [0.25, 0.3) is 0 Å². The van der Waals surface area contributed by atoms with Gasteiger partial charge in [-0.25, -0.2) is 0 Å². The van der Waals surface area contributed by atoms with Gasteiger partial charge in [0.15, 0.2) is 5.78 Å². The smallest absolute Gasteiger partial charge is 0.255 e. The normalized spacial score (nSPS) is 23.0. The van der Waals surface area contributed by atoms with Gasteiger partial charge in [-0.05, 0) is 55.1 Å². The molecule has 2 fully saturated rings. The quantitative estimate of drug-likeness (QED) is 0.386. The van der Waals surface area contributed by atoms with E-state index >= 15 is 0 Å². The van der Waals surface area contributed by atoms with Crippen LogP contribution in [-0.4, -0.2) is 54.2 Å². The van der Waals surface area contributed by atoms with Crippen molar-refractivity contribution in [3.8, 4) is 0 Å². The first-order valence-electron chi connectivity index (χ1n) is 13.1. The number of halogens is 2. The largest absolute Gasteiger partial charge is 0.338 e. The molecule has 1 spiro atoms. The molecule has 2 unspecified atom stereocenters. The maximum Gasteiger partial charge on any atom is 0.255 e. The molecule has 37 heavy (non-hydrogen) atoms. The van der Waals surface area contributed by atoms with Crippen LogP contribution in [0, 0.1) is 5.92 Å². The van der Waals surface area contributed by atoms with Crippen LogP contribution < -0.4 is 0 Å². The van der Waals surface area contributed by atoms with Crippen molar-refractivity contribution in [3.05, 3.63) is 105 Å². The highest BCUT2D eigenvalue weighted by Gasteiger charge is 2.46. The molecule has 3 aromatic carbocycles. The first kappa shape index (κ1) is 24.7. The average Bonchev–Trinajstić information content (AvgIpc) is 3.46. The summed E-state index contributed by atoms with van der Waals surface area (Å²) < 4.78 is 0. The first-order chi connectivity index (χ1) is 17.9. The maximum atomic E-state index is 13.5. The Labute approximate surface area is 228 Å². The fraction of sp³-hybridized carbons (Fsp3) is 0.355. The lowest BCUT2D eigenvalue weighted by atomic mass is 9.73. The van der Waals surface area contributed by atoms with Crippen molar-refractivity contribution in [1.82, 2.24) is 9.80 Å². The van der Waals surface area contributed by atoms with Gasteiger partial charge in [-0.15, -0.1) is 0 Å². The zero-order chi connectivity index (χ0) is 25.6. The zero-order valence-corrected chi connectivity index (χ0v) is 22.2. The van der Waals surface area contributed by atoms with Gasteiger partial charge in [0.1, 0.15) is 0 Å². The van der Waals surface area contributed by atoms with Gasteiger partial charge in [-0.3, -0.25) is 9.59 Å². The lowest BCUT2D eigenvalue weighted by Gasteiger charge is -2.41. The van der Waals surface area contributed by atoms with Gasteiger partial charge in [-0.1, -0.05) is 83.9 Å². The second kappa shape index (κ2) is 9.90. The van der Waals surface area contributed by atoms with E-state index < -0.39 is 0 Å². The van der Waals surface area contributed by atoms with Gasteiger partial charge in [0.2, 0.25) is 0 Å². The Bertz CT molecular complexity index is 1330. The van der Waals surface area contributed by atoms with Crippen molar-refractivity contribution < 1.29 is 9.59 Å².